The number of rotatable bonds is 5. The number of nitrogens with one attached hydrogen (secondary N) is 3. The molecule has 2 heterocycles. The van der Waals surface area contributed by atoms with E-state index < -0.39 is 22.8 Å². The number of hydrogen-bond acceptors (Lipinski definition) is 4. The Morgan fingerprint density at radius 3 is 2.56 bits per heavy atom. The Bertz CT molecular complexity index is 1060. The van der Waals surface area contributed by atoms with Crippen LogP contribution in [0, 0.1) is 0 Å². The molecule has 1 unspecified atom stereocenters. The van der Waals surface area contributed by atoms with Gasteiger partial charge in [0, 0.05) is 28.4 Å². The largest absolute Gasteiger partial charge is 0.506 e. The van der Waals surface area contributed by atoms with E-state index in [-0.39, 0.29) is 18.4 Å². The summed E-state index contributed by atoms with van der Waals surface area (Å²) >= 11 is 0. The monoisotopic (exact) mass is 391 g/mol. The highest BCUT2D eigenvalue weighted by Gasteiger charge is 2.22. The summed E-state index contributed by atoms with van der Waals surface area (Å²) in [5, 5.41) is 23.6. The maximum absolute atomic E-state index is 12.1. The maximum atomic E-state index is 12.1. The molecule has 3 aromatic rings. The van der Waals surface area contributed by atoms with Crippen LogP contribution in [-0.4, -0.2) is 33.2 Å². The van der Waals surface area contributed by atoms with E-state index in [1.54, 1.807) is 6.92 Å². The molecular formula is C19H22ClN3O4. The van der Waals surface area contributed by atoms with Crippen LogP contribution in [0.2, 0.25) is 0 Å². The number of aromatic hydroxyl groups is 1. The number of benzene rings is 1. The average Bonchev–Trinajstić information content (AvgIpc) is 3.03. The third-order valence-corrected chi connectivity index (χ3v) is 4.69. The third-order valence-electron chi connectivity index (χ3n) is 4.69. The molecular weight excluding hydrogens is 370 g/mol. The van der Waals surface area contributed by atoms with Crippen molar-refractivity contribution in [2.24, 2.45) is 0 Å². The van der Waals surface area contributed by atoms with Crippen molar-refractivity contribution in [1.29, 1.82) is 0 Å². The number of aromatic carboxylic acids is 1. The van der Waals surface area contributed by atoms with Crippen LogP contribution in [0.1, 0.15) is 41.5 Å². The van der Waals surface area contributed by atoms with Crippen LogP contribution in [0.5, 0.6) is 5.75 Å². The van der Waals surface area contributed by atoms with E-state index in [1.165, 1.54) is 0 Å². The van der Waals surface area contributed by atoms with Gasteiger partial charge in [-0.15, -0.1) is 12.4 Å². The zero-order valence-electron chi connectivity index (χ0n) is 15.2. The van der Waals surface area contributed by atoms with Gasteiger partial charge in [0.25, 0.3) is 5.56 Å². The zero-order chi connectivity index (χ0) is 19.0. The fraction of sp³-hybridized carbons (Fsp3) is 0.263. The van der Waals surface area contributed by atoms with Gasteiger partial charge in [-0.2, -0.15) is 0 Å². The van der Waals surface area contributed by atoms with Crippen LogP contribution in [0.25, 0.3) is 22.2 Å². The van der Waals surface area contributed by atoms with Crippen molar-refractivity contribution in [1.82, 2.24) is 15.3 Å². The molecule has 0 bridgehead atoms. The molecule has 2 aromatic heterocycles. The zero-order valence-corrected chi connectivity index (χ0v) is 16.0. The van der Waals surface area contributed by atoms with Gasteiger partial charge in [-0.1, -0.05) is 19.1 Å². The summed E-state index contributed by atoms with van der Waals surface area (Å²) in [5.74, 6) is -1.93. The van der Waals surface area contributed by atoms with E-state index >= 15 is 0 Å². The highest BCUT2D eigenvalue weighted by atomic mass is 35.5. The summed E-state index contributed by atoms with van der Waals surface area (Å²) in [6.45, 7) is 3.84. The number of pyridine rings is 1. The van der Waals surface area contributed by atoms with E-state index in [2.05, 4.69) is 21.4 Å². The van der Waals surface area contributed by atoms with Gasteiger partial charge in [0.15, 0.2) is 5.56 Å². The predicted molar refractivity (Wildman–Crippen MR) is 107 cm³/mol. The van der Waals surface area contributed by atoms with Crippen LogP contribution in [0.3, 0.4) is 0 Å². The lowest BCUT2D eigenvalue weighted by Gasteiger charge is -2.12. The first-order valence-corrected chi connectivity index (χ1v) is 8.39. The fourth-order valence-corrected chi connectivity index (χ4v) is 3.11. The number of carboxylic acid groups (broad SMARTS) is 1. The van der Waals surface area contributed by atoms with Crippen LogP contribution in [0.15, 0.2) is 29.1 Å². The lowest BCUT2D eigenvalue weighted by atomic mass is 10.00. The normalized spacial score (nSPS) is 12.0. The van der Waals surface area contributed by atoms with Gasteiger partial charge in [0.05, 0.1) is 5.69 Å². The van der Waals surface area contributed by atoms with Gasteiger partial charge in [0.1, 0.15) is 5.75 Å². The Balaban J connectivity index is 0.00000261. The van der Waals surface area contributed by atoms with Gasteiger partial charge in [0.2, 0.25) is 0 Å². The Hall–Kier alpha value is -2.77. The first-order valence-electron chi connectivity index (χ1n) is 8.39. The molecule has 0 radical (unpaired) electrons. The molecule has 1 atom stereocenters. The molecule has 8 heteroatoms. The van der Waals surface area contributed by atoms with Crippen LogP contribution in [-0.2, 0) is 6.42 Å². The molecule has 0 saturated heterocycles. The first-order chi connectivity index (χ1) is 12.4. The van der Waals surface area contributed by atoms with Crippen molar-refractivity contribution in [3.05, 3.63) is 51.4 Å². The van der Waals surface area contributed by atoms with Gasteiger partial charge < -0.3 is 25.5 Å². The van der Waals surface area contributed by atoms with Crippen molar-refractivity contribution in [3.8, 4) is 17.0 Å². The second kappa shape index (κ2) is 7.85. The van der Waals surface area contributed by atoms with E-state index in [0.717, 1.165) is 16.6 Å². The minimum atomic E-state index is -1.45. The number of fused-ring (bicyclic) bond motifs is 1. The maximum Gasteiger partial charge on any atom is 0.345 e. The molecule has 0 amide bonds. The molecule has 7 nitrogen and oxygen atoms in total. The van der Waals surface area contributed by atoms with Crippen molar-refractivity contribution < 1.29 is 15.0 Å². The Morgan fingerprint density at radius 1 is 1.26 bits per heavy atom. The average molecular weight is 392 g/mol. The summed E-state index contributed by atoms with van der Waals surface area (Å²) in [5.41, 5.74) is 2.01. The fourth-order valence-electron chi connectivity index (χ4n) is 3.11. The summed E-state index contributed by atoms with van der Waals surface area (Å²) in [7, 11) is 1.88. The lowest BCUT2D eigenvalue weighted by molar-refractivity contribution is 0.0691. The molecule has 0 aliphatic rings. The van der Waals surface area contributed by atoms with Crippen LogP contribution < -0.4 is 10.9 Å². The summed E-state index contributed by atoms with van der Waals surface area (Å²) in [6, 6.07) is 7.86. The van der Waals surface area contributed by atoms with Crippen LogP contribution >= 0.6 is 12.4 Å². The molecule has 1 aromatic carbocycles. The van der Waals surface area contributed by atoms with Crippen molar-refractivity contribution in [3.63, 3.8) is 0 Å². The molecule has 0 saturated carbocycles. The number of H-pyrrole nitrogens is 2. The topological polar surface area (TPSA) is 118 Å². The third kappa shape index (κ3) is 3.56. The highest BCUT2D eigenvalue weighted by Crippen LogP contribution is 2.32. The lowest BCUT2D eigenvalue weighted by Crippen LogP contribution is -2.20. The molecule has 0 aliphatic heterocycles. The van der Waals surface area contributed by atoms with Crippen molar-refractivity contribution in [2.75, 3.05) is 7.05 Å². The smallest absolute Gasteiger partial charge is 0.345 e. The Labute approximate surface area is 161 Å². The summed E-state index contributed by atoms with van der Waals surface area (Å²) in [6.07, 6.45) is 0.378. The molecule has 0 spiro atoms. The molecule has 3 rings (SSSR count). The second-order valence-corrected chi connectivity index (χ2v) is 6.23. The minimum absolute atomic E-state index is 0. The van der Waals surface area contributed by atoms with Gasteiger partial charge in [-0.3, -0.25) is 4.79 Å². The minimum Gasteiger partial charge on any atom is -0.506 e. The predicted octanol–water partition coefficient (Wildman–Crippen LogP) is 3.19. The van der Waals surface area contributed by atoms with Gasteiger partial charge in [-0.25, -0.2) is 4.79 Å². The SMILES string of the molecule is CCc1c(-c2ccc3cc(C(C)NC)[nH]c3c2)[nH]c(=O)c(C(=O)O)c1O.Cl. The molecule has 144 valence electrons. The quantitative estimate of drug-likeness (QED) is 0.457. The highest BCUT2D eigenvalue weighted by molar-refractivity contribution is 5.92. The number of aromatic nitrogens is 2. The molecule has 5 N–H and O–H groups in total. The molecule has 0 aliphatic carbocycles. The van der Waals surface area contributed by atoms with E-state index in [9.17, 15) is 14.7 Å². The van der Waals surface area contributed by atoms with Crippen molar-refractivity contribution >= 4 is 29.3 Å². The Morgan fingerprint density at radius 2 is 1.96 bits per heavy atom. The van der Waals surface area contributed by atoms with Gasteiger partial charge in [-0.05, 0) is 37.9 Å². The van der Waals surface area contributed by atoms with E-state index in [1.807, 2.05) is 32.2 Å². The molecule has 0 fully saturated rings. The van der Waals surface area contributed by atoms with Crippen molar-refractivity contribution in [2.45, 2.75) is 26.3 Å². The first kappa shape index (κ1) is 20.5. The number of halogens is 1. The molecule has 27 heavy (non-hydrogen) atoms. The standard InChI is InChI=1S/C19H21N3O4.ClH/c1-4-12-16(22-18(24)15(17(12)23)19(25)26)11-6-5-10-7-13(9(2)20-3)21-14(10)8-11;/h5-9,20-21H,4H2,1-3H3,(H,25,26)(H2,22,23,24);1H. The van der Waals surface area contributed by atoms with Crippen LogP contribution in [0.4, 0.5) is 0 Å². The number of carboxylic acids is 1. The summed E-state index contributed by atoms with van der Waals surface area (Å²) < 4.78 is 0. The summed E-state index contributed by atoms with van der Waals surface area (Å²) in [4.78, 5) is 29.3. The van der Waals surface area contributed by atoms with Gasteiger partial charge >= 0.3 is 5.97 Å². The van der Waals surface area contributed by atoms with E-state index in [0.29, 0.717) is 23.2 Å². The number of carbonyl (C=O) groups is 1. The Kier molecular flexibility index (Phi) is 5.98. The number of hydrogen-bond donors (Lipinski definition) is 5. The van der Waals surface area contributed by atoms with E-state index in [4.69, 9.17) is 5.11 Å². The number of aromatic amines is 2. The second-order valence-electron chi connectivity index (χ2n) is 6.23.